The van der Waals surface area contributed by atoms with Gasteiger partial charge in [0, 0.05) is 30.5 Å². The lowest BCUT2D eigenvalue weighted by atomic mass is 9.97. The highest BCUT2D eigenvalue weighted by atomic mass is 16.4. The molecule has 5 heteroatoms. The number of carbonyl (C=O) groups excluding carboxylic acids is 1. The summed E-state index contributed by atoms with van der Waals surface area (Å²) in [6, 6.07) is 0. The first kappa shape index (κ1) is 20.7. The SMILES string of the molecule is CCCCCCCCNC(=O)/C(=C\C(=O)O)CC1CC[N+](C)(C)C1. The van der Waals surface area contributed by atoms with Crippen molar-refractivity contribution in [2.75, 3.05) is 33.7 Å². The van der Waals surface area contributed by atoms with Gasteiger partial charge in [0.05, 0.1) is 27.2 Å². The predicted octanol–water partition coefficient (Wildman–Crippen LogP) is 2.96. The molecule has 0 aliphatic carbocycles. The standard InChI is InChI=1S/C19H34N2O3/c1-4-5-6-7-8-9-11-20-19(24)17(14-18(22)23)13-16-10-12-21(2,3)15-16/h14,16H,4-13,15H2,1-3H3,(H-,20,22,23,24)/p+1/b17-14-. The Bertz CT molecular complexity index is 444. The Labute approximate surface area is 146 Å². The molecule has 24 heavy (non-hydrogen) atoms. The van der Waals surface area contributed by atoms with Crippen LogP contribution < -0.4 is 5.32 Å². The summed E-state index contributed by atoms with van der Waals surface area (Å²) in [4.78, 5) is 23.3. The van der Waals surface area contributed by atoms with Crippen molar-refractivity contribution in [1.29, 1.82) is 0 Å². The summed E-state index contributed by atoms with van der Waals surface area (Å²) >= 11 is 0. The Morgan fingerprint density at radius 2 is 1.83 bits per heavy atom. The van der Waals surface area contributed by atoms with Crippen LogP contribution in [-0.4, -0.2) is 55.2 Å². The number of likely N-dealkylation sites (tertiary alicyclic amines) is 1. The Morgan fingerprint density at radius 1 is 1.17 bits per heavy atom. The molecule has 0 aromatic heterocycles. The van der Waals surface area contributed by atoms with Gasteiger partial charge in [-0.3, -0.25) is 4.79 Å². The van der Waals surface area contributed by atoms with Gasteiger partial charge in [0.1, 0.15) is 0 Å². The normalized spacial score (nSPS) is 20.1. The lowest BCUT2D eigenvalue weighted by molar-refractivity contribution is -0.879. The van der Waals surface area contributed by atoms with Crippen LogP contribution in [-0.2, 0) is 9.59 Å². The molecule has 0 bridgehead atoms. The van der Waals surface area contributed by atoms with Gasteiger partial charge >= 0.3 is 5.97 Å². The van der Waals surface area contributed by atoms with Crippen LogP contribution in [0.1, 0.15) is 58.3 Å². The van der Waals surface area contributed by atoms with Gasteiger partial charge in [-0.15, -0.1) is 0 Å². The Kier molecular flexibility index (Phi) is 9.04. The summed E-state index contributed by atoms with van der Waals surface area (Å²) in [5, 5.41) is 11.9. The first-order valence-corrected chi connectivity index (χ1v) is 9.38. The summed E-state index contributed by atoms with van der Waals surface area (Å²) in [7, 11) is 4.36. The molecule has 0 radical (unpaired) electrons. The van der Waals surface area contributed by atoms with Crippen molar-refractivity contribution < 1.29 is 19.2 Å². The minimum absolute atomic E-state index is 0.205. The van der Waals surface area contributed by atoms with Crippen LogP contribution in [0.4, 0.5) is 0 Å². The Morgan fingerprint density at radius 3 is 2.42 bits per heavy atom. The fraction of sp³-hybridized carbons (Fsp3) is 0.789. The number of amides is 1. The quantitative estimate of drug-likeness (QED) is 0.345. The van der Waals surface area contributed by atoms with Crippen LogP contribution in [0.25, 0.3) is 0 Å². The van der Waals surface area contributed by atoms with E-state index in [1.54, 1.807) is 0 Å². The number of hydrogen-bond donors (Lipinski definition) is 2. The Balaban J connectivity index is 2.39. The van der Waals surface area contributed by atoms with Crippen LogP contribution in [0, 0.1) is 5.92 Å². The molecule has 1 saturated heterocycles. The maximum absolute atomic E-state index is 12.3. The van der Waals surface area contributed by atoms with E-state index in [-0.39, 0.29) is 5.91 Å². The second-order valence-electron chi connectivity index (χ2n) is 7.73. The first-order valence-electron chi connectivity index (χ1n) is 9.38. The lowest BCUT2D eigenvalue weighted by Crippen LogP contribution is -2.36. The molecule has 0 saturated carbocycles. The molecule has 1 rings (SSSR count). The third kappa shape index (κ3) is 8.48. The zero-order chi connectivity index (χ0) is 18.0. The van der Waals surface area contributed by atoms with Crippen molar-refractivity contribution >= 4 is 11.9 Å². The lowest BCUT2D eigenvalue weighted by Gasteiger charge is -2.23. The van der Waals surface area contributed by atoms with E-state index < -0.39 is 5.97 Å². The molecule has 5 nitrogen and oxygen atoms in total. The highest BCUT2D eigenvalue weighted by Gasteiger charge is 2.32. The van der Waals surface area contributed by atoms with Crippen molar-refractivity contribution in [1.82, 2.24) is 5.32 Å². The molecule has 138 valence electrons. The van der Waals surface area contributed by atoms with E-state index in [9.17, 15) is 9.59 Å². The topological polar surface area (TPSA) is 66.4 Å². The van der Waals surface area contributed by atoms with Crippen molar-refractivity contribution in [3.05, 3.63) is 11.6 Å². The molecule has 1 amide bonds. The van der Waals surface area contributed by atoms with Crippen LogP contribution in [0.3, 0.4) is 0 Å². The van der Waals surface area contributed by atoms with Gasteiger partial charge in [-0.05, 0) is 12.8 Å². The number of nitrogens with zero attached hydrogens (tertiary/aromatic N) is 1. The van der Waals surface area contributed by atoms with Gasteiger partial charge in [-0.1, -0.05) is 39.0 Å². The van der Waals surface area contributed by atoms with E-state index >= 15 is 0 Å². The molecule has 2 N–H and O–H groups in total. The number of nitrogens with one attached hydrogen (secondary N) is 1. The second-order valence-corrected chi connectivity index (χ2v) is 7.73. The number of hydrogen-bond acceptors (Lipinski definition) is 2. The van der Waals surface area contributed by atoms with Crippen LogP contribution in [0.5, 0.6) is 0 Å². The summed E-state index contributed by atoms with van der Waals surface area (Å²) in [5.41, 5.74) is 0.417. The summed E-state index contributed by atoms with van der Waals surface area (Å²) < 4.78 is 0.949. The average Bonchev–Trinajstić information content (AvgIpc) is 2.84. The minimum atomic E-state index is -1.04. The Hall–Kier alpha value is -1.36. The van der Waals surface area contributed by atoms with Crippen LogP contribution >= 0.6 is 0 Å². The molecule has 1 aliphatic rings. The van der Waals surface area contributed by atoms with Crippen molar-refractivity contribution in [2.24, 2.45) is 5.92 Å². The number of carbonyl (C=O) groups is 2. The van der Waals surface area contributed by atoms with E-state index in [0.29, 0.717) is 24.5 Å². The molecule has 0 aromatic rings. The predicted molar refractivity (Wildman–Crippen MR) is 96.7 cm³/mol. The zero-order valence-electron chi connectivity index (χ0n) is 15.6. The van der Waals surface area contributed by atoms with Crippen molar-refractivity contribution in [3.63, 3.8) is 0 Å². The maximum Gasteiger partial charge on any atom is 0.328 e. The highest BCUT2D eigenvalue weighted by Crippen LogP contribution is 2.26. The van der Waals surface area contributed by atoms with E-state index in [1.807, 2.05) is 0 Å². The molecule has 1 heterocycles. The number of aliphatic carboxylic acids is 1. The van der Waals surface area contributed by atoms with Gasteiger partial charge in [0.2, 0.25) is 5.91 Å². The average molecular weight is 340 g/mol. The van der Waals surface area contributed by atoms with Crippen LogP contribution in [0.15, 0.2) is 11.6 Å². The molecule has 1 aliphatic heterocycles. The number of carboxylic acids is 1. The van der Waals surface area contributed by atoms with Gasteiger partial charge in [-0.2, -0.15) is 0 Å². The largest absolute Gasteiger partial charge is 0.478 e. The van der Waals surface area contributed by atoms with Crippen molar-refractivity contribution in [3.8, 4) is 0 Å². The van der Waals surface area contributed by atoms with Gasteiger partial charge < -0.3 is 14.9 Å². The third-order valence-corrected chi connectivity index (χ3v) is 4.81. The summed E-state index contributed by atoms with van der Waals surface area (Å²) in [6.45, 7) is 4.92. The van der Waals surface area contributed by atoms with E-state index in [0.717, 1.165) is 42.9 Å². The molecule has 1 unspecified atom stereocenters. The second kappa shape index (κ2) is 10.5. The van der Waals surface area contributed by atoms with E-state index in [4.69, 9.17) is 5.11 Å². The molecular weight excluding hydrogens is 304 g/mol. The van der Waals surface area contributed by atoms with Gasteiger partial charge in [0.15, 0.2) is 0 Å². The third-order valence-electron chi connectivity index (χ3n) is 4.81. The first-order chi connectivity index (χ1) is 11.3. The monoisotopic (exact) mass is 339 g/mol. The number of carboxylic acid groups (broad SMARTS) is 1. The van der Waals surface area contributed by atoms with E-state index in [2.05, 4.69) is 26.3 Å². The number of rotatable bonds is 11. The maximum atomic E-state index is 12.3. The molecule has 1 atom stereocenters. The molecular formula is C19H35N2O3+. The fourth-order valence-corrected chi connectivity index (χ4v) is 3.48. The summed E-state index contributed by atoms with van der Waals surface area (Å²) in [5.74, 6) is -0.847. The van der Waals surface area contributed by atoms with Crippen LogP contribution in [0.2, 0.25) is 0 Å². The van der Waals surface area contributed by atoms with Crippen molar-refractivity contribution in [2.45, 2.75) is 58.3 Å². The number of unbranched alkanes of at least 4 members (excludes halogenated alkanes) is 5. The number of quaternary nitrogens is 1. The smallest absolute Gasteiger partial charge is 0.328 e. The molecule has 0 spiro atoms. The summed E-state index contributed by atoms with van der Waals surface area (Å²) in [6.07, 6.45) is 9.75. The molecule has 1 fully saturated rings. The zero-order valence-corrected chi connectivity index (χ0v) is 15.6. The fourth-order valence-electron chi connectivity index (χ4n) is 3.48. The van der Waals surface area contributed by atoms with Gasteiger partial charge in [0.25, 0.3) is 0 Å². The highest BCUT2D eigenvalue weighted by molar-refractivity contribution is 5.98. The minimum Gasteiger partial charge on any atom is -0.478 e. The molecule has 0 aromatic carbocycles. The van der Waals surface area contributed by atoms with E-state index in [1.165, 1.54) is 25.7 Å². The van der Waals surface area contributed by atoms with Gasteiger partial charge in [-0.25, -0.2) is 4.79 Å².